The van der Waals surface area contributed by atoms with Crippen LogP contribution in [0.25, 0.3) is 4.85 Å². The first-order chi connectivity index (χ1) is 15.7. The second kappa shape index (κ2) is 9.11. The van der Waals surface area contributed by atoms with Crippen LogP contribution < -0.4 is 14.5 Å². The third kappa shape index (κ3) is 4.80. The third-order valence-corrected chi connectivity index (χ3v) is 7.04. The Hall–Kier alpha value is -2.37. The van der Waals surface area contributed by atoms with E-state index in [9.17, 15) is 4.79 Å². The second-order valence-corrected chi connectivity index (χ2v) is 10.5. The van der Waals surface area contributed by atoms with E-state index >= 15 is 0 Å². The standard InChI is InChI=1S/C24H33ClN4O4/c1-23(2,3)33-22(30)29-15-24(16-29)6-8-27(9-7-24)17-14-18(28-10-12-32-13-11-28)21(31-5)19(25)20(17)26-4/h14H,6-13,15-16H2,1-3,5H3. The molecule has 1 aromatic rings. The molecular weight excluding hydrogens is 444 g/mol. The number of carbonyl (C=O) groups is 1. The van der Waals surface area contributed by atoms with Crippen LogP contribution in [0.2, 0.25) is 5.02 Å². The van der Waals surface area contributed by atoms with E-state index in [1.807, 2.05) is 20.8 Å². The number of amides is 1. The minimum absolute atomic E-state index is 0.134. The minimum Gasteiger partial charge on any atom is -0.494 e. The number of anilines is 2. The summed E-state index contributed by atoms with van der Waals surface area (Å²) in [6.45, 7) is 19.3. The molecule has 0 aliphatic carbocycles. The third-order valence-electron chi connectivity index (χ3n) is 6.69. The number of carbonyl (C=O) groups excluding carboxylic acids is 1. The molecular formula is C24H33ClN4O4. The maximum absolute atomic E-state index is 12.3. The fraction of sp³-hybridized carbons (Fsp3) is 0.667. The number of rotatable bonds is 3. The fourth-order valence-corrected chi connectivity index (χ4v) is 5.25. The molecule has 0 bridgehead atoms. The van der Waals surface area contributed by atoms with Gasteiger partial charge in [0.05, 0.1) is 37.6 Å². The second-order valence-electron chi connectivity index (χ2n) is 10.1. The number of benzene rings is 1. The van der Waals surface area contributed by atoms with Crippen LogP contribution >= 0.6 is 11.6 Å². The van der Waals surface area contributed by atoms with Crippen molar-refractivity contribution in [2.45, 2.75) is 39.2 Å². The molecule has 1 spiro atoms. The van der Waals surface area contributed by atoms with Crippen LogP contribution in [0.1, 0.15) is 33.6 Å². The number of nitrogens with zero attached hydrogens (tertiary/aromatic N) is 4. The molecule has 0 unspecified atom stereocenters. The highest BCUT2D eigenvalue weighted by Gasteiger charge is 2.48. The zero-order valence-electron chi connectivity index (χ0n) is 19.9. The van der Waals surface area contributed by atoms with Crippen molar-refractivity contribution in [3.05, 3.63) is 22.5 Å². The van der Waals surface area contributed by atoms with Crippen molar-refractivity contribution in [3.63, 3.8) is 0 Å². The molecule has 180 valence electrons. The van der Waals surface area contributed by atoms with E-state index in [2.05, 4.69) is 20.7 Å². The molecule has 4 rings (SSSR count). The Kier molecular flexibility index (Phi) is 6.56. The predicted octanol–water partition coefficient (Wildman–Crippen LogP) is 4.57. The molecule has 3 fully saturated rings. The number of likely N-dealkylation sites (tertiary alicyclic amines) is 1. The smallest absolute Gasteiger partial charge is 0.410 e. The van der Waals surface area contributed by atoms with Gasteiger partial charge < -0.3 is 28.9 Å². The lowest BCUT2D eigenvalue weighted by molar-refractivity contribution is -0.0434. The van der Waals surface area contributed by atoms with Crippen LogP contribution in [0.5, 0.6) is 5.75 Å². The molecule has 33 heavy (non-hydrogen) atoms. The molecule has 0 radical (unpaired) electrons. The van der Waals surface area contributed by atoms with Crippen LogP contribution in [-0.4, -0.2) is 76.2 Å². The molecule has 9 heteroatoms. The Morgan fingerprint density at radius 2 is 1.73 bits per heavy atom. The zero-order valence-corrected chi connectivity index (χ0v) is 20.7. The van der Waals surface area contributed by atoms with Gasteiger partial charge in [0.2, 0.25) is 5.69 Å². The van der Waals surface area contributed by atoms with Crippen LogP contribution in [0.4, 0.5) is 21.9 Å². The van der Waals surface area contributed by atoms with Crippen molar-refractivity contribution in [2.75, 3.05) is 69.4 Å². The van der Waals surface area contributed by atoms with Gasteiger partial charge >= 0.3 is 6.09 Å². The van der Waals surface area contributed by atoms with Crippen LogP contribution in [0.15, 0.2) is 6.07 Å². The van der Waals surface area contributed by atoms with Gasteiger partial charge in [-0.15, -0.1) is 0 Å². The van der Waals surface area contributed by atoms with Gasteiger partial charge in [0.25, 0.3) is 0 Å². The fourth-order valence-electron chi connectivity index (χ4n) is 4.93. The SMILES string of the molecule is [C-]#[N+]c1c(N2CCC3(CC2)CN(C(=O)OC(C)(C)C)C3)cc(N2CCOCC2)c(OC)c1Cl. The Bertz CT molecular complexity index is 933. The summed E-state index contributed by atoms with van der Waals surface area (Å²) in [7, 11) is 1.59. The van der Waals surface area contributed by atoms with E-state index < -0.39 is 5.60 Å². The number of hydrogen-bond donors (Lipinski definition) is 0. The first kappa shape index (κ1) is 23.8. The number of piperidine rings is 1. The highest BCUT2D eigenvalue weighted by atomic mass is 35.5. The molecule has 3 saturated heterocycles. The van der Waals surface area contributed by atoms with Gasteiger partial charge in [0.1, 0.15) is 11.4 Å². The molecule has 1 aromatic carbocycles. The maximum atomic E-state index is 12.3. The number of halogens is 1. The number of hydrogen-bond acceptors (Lipinski definition) is 6. The van der Waals surface area contributed by atoms with Crippen molar-refractivity contribution in [3.8, 4) is 5.75 Å². The summed E-state index contributed by atoms with van der Waals surface area (Å²) >= 11 is 6.68. The van der Waals surface area contributed by atoms with Crippen molar-refractivity contribution in [1.29, 1.82) is 0 Å². The van der Waals surface area contributed by atoms with Crippen molar-refractivity contribution >= 4 is 34.8 Å². The average molecular weight is 477 g/mol. The molecule has 0 saturated carbocycles. The van der Waals surface area contributed by atoms with E-state index in [0.29, 0.717) is 29.7 Å². The summed E-state index contributed by atoms with van der Waals surface area (Å²) in [4.78, 5) is 22.4. The summed E-state index contributed by atoms with van der Waals surface area (Å²) < 4.78 is 16.6. The summed E-state index contributed by atoms with van der Waals surface area (Å²) in [5.41, 5.74) is 1.86. The first-order valence-electron chi connectivity index (χ1n) is 11.5. The highest BCUT2D eigenvalue weighted by molar-refractivity contribution is 6.36. The topological polar surface area (TPSA) is 58.8 Å². The molecule has 0 atom stereocenters. The zero-order chi connectivity index (χ0) is 23.8. The Morgan fingerprint density at radius 1 is 1.12 bits per heavy atom. The van der Waals surface area contributed by atoms with Gasteiger partial charge in [-0.05, 0) is 39.7 Å². The lowest BCUT2D eigenvalue weighted by Crippen LogP contribution is -2.62. The Balaban J connectivity index is 1.49. The maximum Gasteiger partial charge on any atom is 0.410 e. The normalized spacial score (nSPS) is 20.3. The van der Waals surface area contributed by atoms with Crippen molar-refractivity contribution in [1.82, 2.24) is 4.90 Å². The highest BCUT2D eigenvalue weighted by Crippen LogP contribution is 2.50. The van der Waals surface area contributed by atoms with Gasteiger partial charge in [-0.1, -0.05) is 11.6 Å². The molecule has 3 heterocycles. The summed E-state index contributed by atoms with van der Waals surface area (Å²) in [5, 5.41) is 0.367. The van der Waals surface area contributed by atoms with E-state index in [0.717, 1.165) is 63.5 Å². The van der Waals surface area contributed by atoms with Gasteiger partial charge in [0, 0.05) is 50.4 Å². The molecule has 3 aliphatic rings. The lowest BCUT2D eigenvalue weighted by Gasteiger charge is -2.54. The van der Waals surface area contributed by atoms with E-state index in [1.165, 1.54) is 0 Å². The van der Waals surface area contributed by atoms with Gasteiger partial charge in [-0.2, -0.15) is 0 Å². The molecule has 8 nitrogen and oxygen atoms in total. The van der Waals surface area contributed by atoms with Gasteiger partial charge in [-0.3, -0.25) is 0 Å². The molecule has 0 N–H and O–H groups in total. The number of methoxy groups -OCH3 is 1. The Labute approximate surface area is 201 Å². The monoisotopic (exact) mass is 476 g/mol. The van der Waals surface area contributed by atoms with Gasteiger partial charge in [-0.25, -0.2) is 9.64 Å². The van der Waals surface area contributed by atoms with Crippen LogP contribution in [-0.2, 0) is 9.47 Å². The summed E-state index contributed by atoms with van der Waals surface area (Å²) in [6, 6.07) is 2.05. The average Bonchev–Trinajstić information content (AvgIpc) is 2.76. The van der Waals surface area contributed by atoms with E-state index in [4.69, 9.17) is 32.4 Å². The Morgan fingerprint density at radius 3 is 2.27 bits per heavy atom. The van der Waals surface area contributed by atoms with Gasteiger partial charge in [0.15, 0.2) is 0 Å². The van der Waals surface area contributed by atoms with Crippen molar-refractivity contribution in [2.24, 2.45) is 5.41 Å². The molecule has 0 aromatic heterocycles. The van der Waals surface area contributed by atoms with Crippen LogP contribution in [0.3, 0.4) is 0 Å². The predicted molar refractivity (Wildman–Crippen MR) is 129 cm³/mol. The first-order valence-corrected chi connectivity index (χ1v) is 11.9. The van der Waals surface area contributed by atoms with E-state index in [1.54, 1.807) is 12.0 Å². The minimum atomic E-state index is -0.481. The van der Waals surface area contributed by atoms with Crippen molar-refractivity contribution < 1.29 is 19.0 Å². The number of morpholine rings is 1. The molecule has 1 amide bonds. The summed E-state index contributed by atoms with van der Waals surface area (Å²) in [5.74, 6) is 0.550. The quantitative estimate of drug-likeness (QED) is 0.595. The lowest BCUT2D eigenvalue weighted by atomic mass is 9.72. The molecule has 3 aliphatic heterocycles. The summed E-state index contributed by atoms with van der Waals surface area (Å²) in [6.07, 6.45) is 1.68. The number of ether oxygens (including phenoxy) is 3. The van der Waals surface area contributed by atoms with E-state index in [-0.39, 0.29) is 11.5 Å². The van der Waals surface area contributed by atoms with Crippen LogP contribution in [0, 0.1) is 12.0 Å². The largest absolute Gasteiger partial charge is 0.494 e.